The zero-order chi connectivity index (χ0) is 27.3. The maximum atomic E-state index is 13.7. The molecule has 0 heterocycles. The third kappa shape index (κ3) is 8.01. The first kappa shape index (κ1) is 29.7. The number of halogens is 2. The van der Waals surface area contributed by atoms with Gasteiger partial charge in [-0.3, -0.25) is 13.9 Å². The zero-order valence-corrected chi connectivity index (χ0v) is 23.7. The molecule has 1 atom stereocenters. The largest absolute Gasteiger partial charge is 0.495 e. The molecule has 2 aromatic carbocycles. The van der Waals surface area contributed by atoms with Crippen LogP contribution in [0.5, 0.6) is 5.75 Å². The van der Waals surface area contributed by atoms with Crippen LogP contribution in [0, 0.1) is 0 Å². The predicted molar refractivity (Wildman–Crippen MR) is 144 cm³/mol. The van der Waals surface area contributed by atoms with E-state index in [1.54, 1.807) is 31.2 Å². The lowest BCUT2D eigenvalue weighted by Gasteiger charge is -2.34. The molecule has 2 rings (SSSR count). The molecule has 11 heteroatoms. The maximum Gasteiger partial charge on any atom is 0.244 e. The Morgan fingerprint density at radius 1 is 1.08 bits per heavy atom. The van der Waals surface area contributed by atoms with Crippen molar-refractivity contribution in [3.63, 3.8) is 0 Å². The van der Waals surface area contributed by atoms with Gasteiger partial charge in [0, 0.05) is 17.1 Å². The summed E-state index contributed by atoms with van der Waals surface area (Å²) in [5.41, 5.74) is 0.303. The zero-order valence-electron chi connectivity index (χ0n) is 21.3. The van der Waals surface area contributed by atoms with Crippen LogP contribution in [0.2, 0.25) is 10.0 Å². The Labute approximate surface area is 223 Å². The van der Waals surface area contributed by atoms with Crippen molar-refractivity contribution in [3.8, 4) is 5.75 Å². The van der Waals surface area contributed by atoms with Gasteiger partial charge >= 0.3 is 0 Å². The standard InChI is InChI=1S/C25H33Cl2N3O5S/c1-7-21(24(32)28-25(2,3)4)29(15-17-10-8-9-11-19(17)26)23(31)16-30(36(6,33)34)18-12-13-22(35-5)20(27)14-18/h8-14,21H,7,15-16H2,1-6H3,(H,28,32)/t21-/m0/s1. The molecular weight excluding hydrogens is 525 g/mol. The molecule has 0 saturated carbocycles. The van der Waals surface area contributed by atoms with Gasteiger partial charge < -0.3 is 15.0 Å². The van der Waals surface area contributed by atoms with Gasteiger partial charge in [-0.15, -0.1) is 0 Å². The fourth-order valence-electron chi connectivity index (χ4n) is 3.61. The van der Waals surface area contributed by atoms with Gasteiger partial charge in [0.1, 0.15) is 18.3 Å². The molecule has 1 N–H and O–H groups in total. The number of carbonyl (C=O) groups is 2. The van der Waals surface area contributed by atoms with Crippen LogP contribution >= 0.6 is 23.2 Å². The number of hydrogen-bond acceptors (Lipinski definition) is 5. The molecule has 0 aliphatic rings. The van der Waals surface area contributed by atoms with Crippen LogP contribution in [0.15, 0.2) is 42.5 Å². The molecule has 36 heavy (non-hydrogen) atoms. The van der Waals surface area contributed by atoms with Crippen molar-refractivity contribution in [3.05, 3.63) is 58.1 Å². The van der Waals surface area contributed by atoms with E-state index >= 15 is 0 Å². The van der Waals surface area contributed by atoms with E-state index < -0.39 is 34.1 Å². The summed E-state index contributed by atoms with van der Waals surface area (Å²) < 4.78 is 31.5. The van der Waals surface area contributed by atoms with Crippen LogP contribution < -0.4 is 14.4 Å². The van der Waals surface area contributed by atoms with Gasteiger partial charge in [0.2, 0.25) is 21.8 Å². The molecular formula is C25H33Cl2N3O5S. The van der Waals surface area contributed by atoms with Crippen LogP contribution in [-0.2, 0) is 26.2 Å². The summed E-state index contributed by atoms with van der Waals surface area (Å²) >= 11 is 12.6. The van der Waals surface area contributed by atoms with Crippen molar-refractivity contribution in [1.82, 2.24) is 10.2 Å². The van der Waals surface area contributed by atoms with Crippen molar-refractivity contribution < 1.29 is 22.7 Å². The highest BCUT2D eigenvalue weighted by atomic mass is 35.5. The number of sulfonamides is 1. The Morgan fingerprint density at radius 3 is 2.22 bits per heavy atom. The van der Waals surface area contributed by atoms with Crippen LogP contribution in [0.3, 0.4) is 0 Å². The molecule has 2 amide bonds. The number of ether oxygens (including phenoxy) is 1. The van der Waals surface area contributed by atoms with E-state index in [2.05, 4.69) is 5.32 Å². The van der Waals surface area contributed by atoms with Crippen LogP contribution in [0.1, 0.15) is 39.7 Å². The van der Waals surface area contributed by atoms with Gasteiger partial charge in [-0.1, -0.05) is 48.3 Å². The van der Waals surface area contributed by atoms with E-state index in [1.807, 2.05) is 20.8 Å². The summed E-state index contributed by atoms with van der Waals surface area (Å²) in [4.78, 5) is 28.3. The number of rotatable bonds is 10. The first-order valence-electron chi connectivity index (χ1n) is 11.3. The summed E-state index contributed by atoms with van der Waals surface area (Å²) in [6, 6.07) is 10.6. The van der Waals surface area contributed by atoms with E-state index in [0.29, 0.717) is 22.8 Å². The summed E-state index contributed by atoms with van der Waals surface area (Å²) in [5, 5.41) is 3.54. The number of hydrogen-bond donors (Lipinski definition) is 1. The third-order valence-corrected chi connectivity index (χ3v) is 7.09. The van der Waals surface area contributed by atoms with Crippen molar-refractivity contribution in [1.29, 1.82) is 0 Å². The van der Waals surface area contributed by atoms with Gasteiger partial charge in [-0.2, -0.15) is 0 Å². The highest BCUT2D eigenvalue weighted by Gasteiger charge is 2.33. The molecule has 0 aromatic heterocycles. The number of anilines is 1. The average molecular weight is 559 g/mol. The van der Waals surface area contributed by atoms with Gasteiger partial charge in [-0.05, 0) is 57.0 Å². The fourth-order valence-corrected chi connectivity index (χ4v) is 4.90. The third-order valence-electron chi connectivity index (χ3n) is 5.29. The summed E-state index contributed by atoms with van der Waals surface area (Å²) in [6.45, 7) is 6.81. The van der Waals surface area contributed by atoms with Crippen molar-refractivity contribution >= 4 is 50.7 Å². The molecule has 0 bridgehead atoms. The average Bonchev–Trinajstić information content (AvgIpc) is 2.76. The number of carbonyl (C=O) groups excluding carboxylic acids is 2. The quantitative estimate of drug-likeness (QED) is 0.464. The van der Waals surface area contributed by atoms with Gasteiger partial charge in [0.15, 0.2) is 0 Å². The molecule has 0 unspecified atom stereocenters. The lowest BCUT2D eigenvalue weighted by atomic mass is 10.1. The first-order chi connectivity index (χ1) is 16.7. The van der Waals surface area contributed by atoms with Crippen LogP contribution in [0.4, 0.5) is 5.69 Å². The van der Waals surface area contributed by atoms with Crippen molar-refractivity contribution in [2.45, 2.75) is 52.2 Å². The second-order valence-electron chi connectivity index (χ2n) is 9.36. The number of amides is 2. The SMILES string of the molecule is CC[C@@H](C(=O)NC(C)(C)C)N(Cc1ccccc1Cl)C(=O)CN(c1ccc(OC)c(Cl)c1)S(C)(=O)=O. The van der Waals surface area contributed by atoms with Crippen molar-refractivity contribution in [2.24, 2.45) is 0 Å². The first-order valence-corrected chi connectivity index (χ1v) is 13.9. The number of methoxy groups -OCH3 is 1. The molecule has 0 radical (unpaired) electrons. The molecule has 2 aromatic rings. The topological polar surface area (TPSA) is 96.0 Å². The van der Waals surface area contributed by atoms with E-state index in [0.717, 1.165) is 10.6 Å². The number of nitrogens with one attached hydrogen (secondary N) is 1. The van der Waals surface area contributed by atoms with E-state index in [4.69, 9.17) is 27.9 Å². The summed E-state index contributed by atoms with van der Waals surface area (Å²) in [5.74, 6) is -0.544. The molecule has 0 aliphatic carbocycles. The molecule has 0 spiro atoms. The molecule has 0 saturated heterocycles. The van der Waals surface area contributed by atoms with Gasteiger partial charge in [-0.25, -0.2) is 8.42 Å². The minimum atomic E-state index is -3.89. The van der Waals surface area contributed by atoms with Gasteiger partial charge in [0.25, 0.3) is 0 Å². The molecule has 198 valence electrons. The molecule has 0 fully saturated rings. The monoisotopic (exact) mass is 557 g/mol. The maximum absolute atomic E-state index is 13.7. The number of nitrogens with zero attached hydrogens (tertiary/aromatic N) is 2. The van der Waals surface area contributed by atoms with E-state index in [9.17, 15) is 18.0 Å². The highest BCUT2D eigenvalue weighted by molar-refractivity contribution is 7.92. The highest BCUT2D eigenvalue weighted by Crippen LogP contribution is 2.30. The lowest BCUT2D eigenvalue weighted by molar-refractivity contribution is -0.141. The Bertz CT molecular complexity index is 1200. The van der Waals surface area contributed by atoms with E-state index in [1.165, 1.54) is 30.2 Å². The minimum absolute atomic E-state index is 0.0234. The normalized spacial score (nSPS) is 12.6. The Kier molecular flexibility index (Phi) is 10.0. The van der Waals surface area contributed by atoms with Crippen molar-refractivity contribution in [2.75, 3.05) is 24.2 Å². The second-order valence-corrected chi connectivity index (χ2v) is 12.1. The van der Waals surface area contributed by atoms with Crippen LogP contribution in [-0.4, -0.2) is 56.6 Å². The smallest absolute Gasteiger partial charge is 0.244 e. The predicted octanol–water partition coefficient (Wildman–Crippen LogP) is 4.49. The molecule has 0 aliphatic heterocycles. The Hall–Kier alpha value is -2.49. The Balaban J connectivity index is 2.50. The summed E-state index contributed by atoms with van der Waals surface area (Å²) in [6.07, 6.45) is 1.31. The van der Waals surface area contributed by atoms with E-state index in [-0.39, 0.29) is 23.2 Å². The Morgan fingerprint density at radius 2 is 1.72 bits per heavy atom. The molecule has 8 nitrogen and oxygen atoms in total. The second kappa shape index (κ2) is 12.2. The van der Waals surface area contributed by atoms with Gasteiger partial charge in [0.05, 0.1) is 24.1 Å². The van der Waals surface area contributed by atoms with Crippen LogP contribution in [0.25, 0.3) is 0 Å². The lowest BCUT2D eigenvalue weighted by Crippen LogP contribution is -2.55. The fraction of sp³-hybridized carbons (Fsp3) is 0.440. The summed E-state index contributed by atoms with van der Waals surface area (Å²) in [7, 11) is -2.44. The minimum Gasteiger partial charge on any atom is -0.495 e. The number of benzene rings is 2.